The highest BCUT2D eigenvalue weighted by Crippen LogP contribution is 2.49. The van der Waals surface area contributed by atoms with E-state index in [0.717, 1.165) is 16.1 Å². The third-order valence-corrected chi connectivity index (χ3v) is 7.37. The fourth-order valence-corrected chi connectivity index (χ4v) is 5.26. The van der Waals surface area contributed by atoms with Crippen LogP contribution in [-0.2, 0) is 16.7 Å². The minimum Gasteiger partial charge on any atom is -0.368 e. The first-order valence-electron chi connectivity index (χ1n) is 10.5. The summed E-state index contributed by atoms with van der Waals surface area (Å²) in [6.45, 7) is 8.71. The molecule has 1 aliphatic heterocycles. The molecule has 2 aromatic heterocycles. The van der Waals surface area contributed by atoms with Crippen molar-refractivity contribution in [1.29, 1.82) is 0 Å². The Labute approximate surface area is 181 Å². The van der Waals surface area contributed by atoms with Gasteiger partial charge in [0.15, 0.2) is 6.10 Å². The van der Waals surface area contributed by atoms with Crippen LogP contribution < -0.4 is 0 Å². The van der Waals surface area contributed by atoms with Gasteiger partial charge in [-0.15, -0.1) is 11.3 Å². The molecule has 0 aromatic carbocycles. The largest absolute Gasteiger partial charge is 0.415 e. The van der Waals surface area contributed by atoms with Gasteiger partial charge in [-0.3, -0.25) is 9.88 Å². The molecule has 1 fully saturated rings. The summed E-state index contributed by atoms with van der Waals surface area (Å²) in [5.41, 5.74) is 0.568. The van der Waals surface area contributed by atoms with E-state index in [1.165, 1.54) is 0 Å². The first-order valence-corrected chi connectivity index (χ1v) is 11.4. The van der Waals surface area contributed by atoms with Gasteiger partial charge in [0.2, 0.25) is 0 Å². The van der Waals surface area contributed by atoms with Crippen molar-refractivity contribution in [3.8, 4) is 0 Å². The van der Waals surface area contributed by atoms with Crippen LogP contribution in [0.2, 0.25) is 0 Å². The summed E-state index contributed by atoms with van der Waals surface area (Å²) in [7, 11) is 0. The topological polar surface area (TPSA) is 25.4 Å². The number of alkyl halides is 3. The summed E-state index contributed by atoms with van der Waals surface area (Å²) in [6.07, 6.45) is -2.76. The van der Waals surface area contributed by atoms with E-state index in [0.29, 0.717) is 32.4 Å². The van der Waals surface area contributed by atoms with Gasteiger partial charge >= 0.3 is 6.18 Å². The average Bonchev–Trinajstić information content (AvgIpc) is 3.35. The second kappa shape index (κ2) is 8.97. The summed E-state index contributed by atoms with van der Waals surface area (Å²) in [5, 5.41) is 1.97. The van der Waals surface area contributed by atoms with Gasteiger partial charge in [0, 0.05) is 40.9 Å². The number of likely N-dealkylation sites (tertiary alicyclic amines) is 1. The second-order valence-electron chi connectivity index (χ2n) is 8.74. The number of aryl methyl sites for hydroxylation is 2. The van der Waals surface area contributed by atoms with Crippen molar-refractivity contribution < 1.29 is 17.9 Å². The number of thiophene rings is 1. The molecule has 1 aliphatic rings. The Kier molecular flexibility index (Phi) is 6.94. The lowest BCUT2D eigenvalue weighted by Gasteiger charge is -2.41. The number of hydrogen-bond donors (Lipinski definition) is 0. The summed E-state index contributed by atoms with van der Waals surface area (Å²) in [6, 6.07) is 7.93. The first-order chi connectivity index (χ1) is 14.1. The second-order valence-corrected chi connectivity index (χ2v) is 9.77. The zero-order chi connectivity index (χ0) is 22.0. The maximum atomic E-state index is 14.1. The molecule has 0 aliphatic carbocycles. The minimum atomic E-state index is -4.39. The Balaban J connectivity index is 1.89. The molecular formula is C23H31F3N2OS. The van der Waals surface area contributed by atoms with Crippen LogP contribution >= 0.6 is 11.3 Å². The number of hydrogen-bond acceptors (Lipinski definition) is 4. The highest BCUT2D eigenvalue weighted by Gasteiger charge is 2.57. The van der Waals surface area contributed by atoms with Gasteiger partial charge in [-0.2, -0.15) is 13.2 Å². The fraction of sp³-hybridized carbons (Fsp3) is 0.609. The monoisotopic (exact) mass is 440 g/mol. The molecule has 0 bridgehead atoms. The summed E-state index contributed by atoms with van der Waals surface area (Å²) in [5.74, 6) is 0. The fourth-order valence-electron chi connectivity index (χ4n) is 4.55. The standard InChI is InChI=1S/C23H31F3N2OS/c1-5-29-20(23(24,25)26)22(11-10-19-7-6-14-30-19)12-13-28(16-22)21(3,4)18-9-8-17(2)27-15-18/h6-9,14-15,20H,5,10-13,16H2,1-4H3. The Morgan fingerprint density at radius 1 is 1.27 bits per heavy atom. The zero-order valence-corrected chi connectivity index (χ0v) is 18.9. The molecule has 0 spiro atoms. The Hall–Kier alpha value is -1.44. The van der Waals surface area contributed by atoms with Crippen LogP contribution in [0, 0.1) is 12.3 Å². The number of ether oxygens (including phenoxy) is 1. The molecule has 3 rings (SSSR count). The van der Waals surface area contributed by atoms with Crippen molar-refractivity contribution in [2.45, 2.75) is 64.8 Å². The normalized spacial score (nSPS) is 21.8. The number of nitrogens with zero attached hydrogens (tertiary/aromatic N) is 2. The van der Waals surface area contributed by atoms with Gasteiger partial charge in [-0.1, -0.05) is 12.1 Å². The van der Waals surface area contributed by atoms with E-state index < -0.39 is 23.2 Å². The van der Waals surface area contributed by atoms with Crippen LogP contribution in [0.1, 0.15) is 49.7 Å². The number of rotatable bonds is 8. The molecular weight excluding hydrogens is 409 g/mol. The van der Waals surface area contributed by atoms with E-state index in [4.69, 9.17) is 4.74 Å². The highest BCUT2D eigenvalue weighted by molar-refractivity contribution is 7.09. The molecule has 7 heteroatoms. The summed E-state index contributed by atoms with van der Waals surface area (Å²) < 4.78 is 47.7. The van der Waals surface area contributed by atoms with Gasteiger partial charge in [0.1, 0.15) is 0 Å². The van der Waals surface area contributed by atoms with Gasteiger partial charge in [0.25, 0.3) is 0 Å². The molecule has 2 aromatic rings. The number of aromatic nitrogens is 1. The SMILES string of the molecule is CCOC(C(F)(F)F)C1(CCc2cccs2)CCN(C(C)(C)c2ccc(C)nc2)C1. The molecule has 30 heavy (non-hydrogen) atoms. The number of pyridine rings is 1. The van der Waals surface area contributed by atoms with Crippen LogP contribution in [0.4, 0.5) is 13.2 Å². The lowest BCUT2D eigenvalue weighted by Crippen LogP contribution is -2.50. The van der Waals surface area contributed by atoms with E-state index in [1.807, 2.05) is 42.8 Å². The van der Waals surface area contributed by atoms with Crippen LogP contribution in [0.25, 0.3) is 0 Å². The van der Waals surface area contributed by atoms with Crippen LogP contribution in [0.15, 0.2) is 35.8 Å². The Morgan fingerprint density at radius 3 is 2.60 bits per heavy atom. The van der Waals surface area contributed by atoms with Crippen molar-refractivity contribution in [3.05, 3.63) is 52.0 Å². The lowest BCUT2D eigenvalue weighted by atomic mass is 9.76. The predicted molar refractivity (Wildman–Crippen MR) is 115 cm³/mol. The van der Waals surface area contributed by atoms with Crippen LogP contribution in [0.3, 0.4) is 0 Å². The van der Waals surface area contributed by atoms with Gasteiger partial charge < -0.3 is 4.74 Å². The van der Waals surface area contributed by atoms with Crippen molar-refractivity contribution in [2.24, 2.45) is 5.41 Å². The third kappa shape index (κ3) is 4.89. The molecule has 3 heterocycles. The van der Waals surface area contributed by atoms with E-state index in [-0.39, 0.29) is 6.61 Å². The zero-order valence-electron chi connectivity index (χ0n) is 18.1. The van der Waals surface area contributed by atoms with Crippen molar-refractivity contribution in [1.82, 2.24) is 9.88 Å². The molecule has 2 atom stereocenters. The van der Waals surface area contributed by atoms with Crippen LogP contribution in [0.5, 0.6) is 0 Å². The maximum absolute atomic E-state index is 14.1. The molecule has 2 unspecified atom stereocenters. The van der Waals surface area contributed by atoms with Crippen molar-refractivity contribution in [2.75, 3.05) is 19.7 Å². The van der Waals surface area contributed by atoms with E-state index in [1.54, 1.807) is 18.3 Å². The minimum absolute atomic E-state index is 0.0518. The summed E-state index contributed by atoms with van der Waals surface area (Å²) in [4.78, 5) is 7.69. The molecule has 0 amide bonds. The highest BCUT2D eigenvalue weighted by atomic mass is 32.1. The van der Waals surface area contributed by atoms with E-state index >= 15 is 0 Å². The molecule has 1 saturated heterocycles. The summed E-state index contributed by atoms with van der Waals surface area (Å²) >= 11 is 1.60. The van der Waals surface area contributed by atoms with Crippen molar-refractivity contribution >= 4 is 11.3 Å². The molecule has 0 radical (unpaired) electrons. The van der Waals surface area contributed by atoms with Gasteiger partial charge in [-0.05, 0) is 76.6 Å². The third-order valence-electron chi connectivity index (χ3n) is 6.43. The molecule has 0 N–H and O–H groups in total. The Bertz CT molecular complexity index is 805. The predicted octanol–water partition coefficient (Wildman–Crippen LogP) is 5.98. The van der Waals surface area contributed by atoms with Crippen LogP contribution in [-0.4, -0.2) is 41.9 Å². The molecule has 166 valence electrons. The van der Waals surface area contributed by atoms with E-state index in [2.05, 4.69) is 23.7 Å². The van der Waals surface area contributed by atoms with Gasteiger partial charge in [0.05, 0.1) is 0 Å². The smallest absolute Gasteiger partial charge is 0.368 e. The van der Waals surface area contributed by atoms with E-state index in [9.17, 15) is 13.2 Å². The average molecular weight is 441 g/mol. The first kappa shape index (κ1) is 23.2. The lowest BCUT2D eigenvalue weighted by molar-refractivity contribution is -0.254. The van der Waals surface area contributed by atoms with Crippen molar-refractivity contribution in [3.63, 3.8) is 0 Å². The number of halogens is 3. The molecule has 3 nitrogen and oxygen atoms in total. The van der Waals surface area contributed by atoms with Gasteiger partial charge in [-0.25, -0.2) is 0 Å². The quantitative estimate of drug-likeness (QED) is 0.505. The molecule has 0 saturated carbocycles. The maximum Gasteiger partial charge on any atom is 0.415 e. The Morgan fingerprint density at radius 2 is 2.03 bits per heavy atom.